The maximum absolute atomic E-state index is 14.0. The summed E-state index contributed by atoms with van der Waals surface area (Å²) >= 11 is 1.57. The van der Waals surface area contributed by atoms with E-state index in [9.17, 15) is 18.4 Å². The van der Waals surface area contributed by atoms with E-state index >= 15 is 0 Å². The number of carbonyl (C=O) groups excluding carboxylic acids is 2. The van der Waals surface area contributed by atoms with Crippen LogP contribution in [0.25, 0.3) is 10.9 Å². The standard InChI is InChI=1S/C29H27F2N5O2S/c1-36(2)27(37)15-21(18-39-22-9-4-3-5-10-22)34-28-23-13-12-20(30)14-26(23)32-17-24(28)29(38)35-33-16-19-8-6-7-11-25(19)31/h3-14,16-17,21H,15,18H2,1-2H3,(H,32,34)(H,35,38)/b33-16+. The molecular weight excluding hydrogens is 520 g/mol. The molecule has 0 saturated heterocycles. The van der Waals surface area contributed by atoms with Gasteiger partial charge in [-0.15, -0.1) is 11.8 Å². The lowest BCUT2D eigenvalue weighted by Crippen LogP contribution is -2.33. The van der Waals surface area contributed by atoms with Gasteiger partial charge in [-0.25, -0.2) is 14.2 Å². The fraction of sp³-hybridized carbons (Fsp3) is 0.172. The minimum Gasteiger partial charge on any atom is -0.380 e. The zero-order valence-electron chi connectivity index (χ0n) is 21.4. The topological polar surface area (TPSA) is 86.7 Å². The van der Waals surface area contributed by atoms with Gasteiger partial charge in [-0.3, -0.25) is 14.6 Å². The molecule has 200 valence electrons. The maximum atomic E-state index is 14.0. The second-order valence-corrected chi connectivity index (χ2v) is 9.98. The molecule has 1 aromatic heterocycles. The van der Waals surface area contributed by atoms with Crippen LogP contribution in [0.3, 0.4) is 0 Å². The van der Waals surface area contributed by atoms with Crippen LogP contribution in [0, 0.1) is 11.6 Å². The fourth-order valence-electron chi connectivity index (χ4n) is 3.76. The third-order valence-corrected chi connectivity index (χ3v) is 6.99. The van der Waals surface area contributed by atoms with Crippen molar-refractivity contribution >= 4 is 46.4 Å². The Hall–Kier alpha value is -4.31. The molecule has 0 radical (unpaired) electrons. The third-order valence-electron chi connectivity index (χ3n) is 5.81. The Morgan fingerprint density at radius 1 is 1.05 bits per heavy atom. The van der Waals surface area contributed by atoms with Gasteiger partial charge in [0, 0.05) is 60.4 Å². The van der Waals surface area contributed by atoms with E-state index in [2.05, 4.69) is 20.8 Å². The Morgan fingerprint density at radius 2 is 1.79 bits per heavy atom. The SMILES string of the molecule is CN(C)C(=O)CC(CSc1ccccc1)Nc1c(C(=O)N/N=C/c2ccccc2F)cnc2cc(F)ccc12. The van der Waals surface area contributed by atoms with Crippen LogP contribution in [-0.2, 0) is 4.79 Å². The van der Waals surface area contributed by atoms with Gasteiger partial charge >= 0.3 is 0 Å². The number of hydrazone groups is 1. The van der Waals surface area contributed by atoms with Crippen LogP contribution in [-0.4, -0.2) is 53.8 Å². The van der Waals surface area contributed by atoms with Gasteiger partial charge in [0.15, 0.2) is 0 Å². The zero-order valence-corrected chi connectivity index (χ0v) is 22.2. The van der Waals surface area contributed by atoms with Crippen molar-refractivity contribution in [2.24, 2.45) is 5.10 Å². The number of thioether (sulfide) groups is 1. The minimum absolute atomic E-state index is 0.0916. The van der Waals surface area contributed by atoms with E-state index in [0.717, 1.165) is 4.90 Å². The van der Waals surface area contributed by atoms with Crippen LogP contribution in [0.4, 0.5) is 14.5 Å². The molecule has 7 nitrogen and oxygen atoms in total. The molecule has 0 spiro atoms. The highest BCUT2D eigenvalue weighted by molar-refractivity contribution is 7.99. The molecule has 1 unspecified atom stereocenters. The van der Waals surface area contributed by atoms with E-state index < -0.39 is 17.5 Å². The van der Waals surface area contributed by atoms with E-state index in [4.69, 9.17) is 0 Å². The van der Waals surface area contributed by atoms with Crippen molar-refractivity contribution in [3.8, 4) is 0 Å². The van der Waals surface area contributed by atoms with Gasteiger partial charge in [0.1, 0.15) is 11.6 Å². The van der Waals surface area contributed by atoms with Crippen LogP contribution >= 0.6 is 11.8 Å². The molecule has 0 aliphatic carbocycles. The minimum atomic E-state index is -0.600. The Kier molecular flexibility index (Phi) is 9.22. The van der Waals surface area contributed by atoms with Gasteiger partial charge < -0.3 is 10.2 Å². The lowest BCUT2D eigenvalue weighted by molar-refractivity contribution is -0.128. The summed E-state index contributed by atoms with van der Waals surface area (Å²) < 4.78 is 27.9. The smallest absolute Gasteiger partial charge is 0.275 e. The van der Waals surface area contributed by atoms with Gasteiger partial charge in [0.2, 0.25) is 5.91 Å². The number of fused-ring (bicyclic) bond motifs is 1. The maximum Gasteiger partial charge on any atom is 0.275 e. The number of aromatic nitrogens is 1. The summed E-state index contributed by atoms with van der Waals surface area (Å²) in [6, 6.07) is 19.5. The van der Waals surface area contributed by atoms with Crippen molar-refractivity contribution in [1.82, 2.24) is 15.3 Å². The predicted octanol–water partition coefficient (Wildman–Crippen LogP) is 5.33. The Morgan fingerprint density at radius 3 is 2.54 bits per heavy atom. The lowest BCUT2D eigenvalue weighted by atomic mass is 10.1. The highest BCUT2D eigenvalue weighted by Gasteiger charge is 2.22. The van der Waals surface area contributed by atoms with E-state index in [0.29, 0.717) is 22.3 Å². The first-order valence-electron chi connectivity index (χ1n) is 12.1. The molecule has 39 heavy (non-hydrogen) atoms. The number of rotatable bonds is 10. The summed E-state index contributed by atoms with van der Waals surface area (Å²) in [4.78, 5) is 32.7. The molecule has 2 amide bonds. The third kappa shape index (κ3) is 7.38. The van der Waals surface area contributed by atoms with E-state index in [-0.39, 0.29) is 29.5 Å². The Bertz CT molecular complexity index is 1500. The van der Waals surface area contributed by atoms with Crippen LogP contribution < -0.4 is 10.7 Å². The summed E-state index contributed by atoms with van der Waals surface area (Å²) in [6.45, 7) is 0. The molecule has 4 aromatic rings. The van der Waals surface area contributed by atoms with E-state index in [1.54, 1.807) is 38.0 Å². The number of halogens is 2. The van der Waals surface area contributed by atoms with Gasteiger partial charge in [-0.1, -0.05) is 36.4 Å². The molecule has 2 N–H and O–H groups in total. The van der Waals surface area contributed by atoms with Gasteiger partial charge in [-0.2, -0.15) is 5.10 Å². The molecule has 0 bridgehead atoms. The molecule has 1 heterocycles. The molecular formula is C29H27F2N5O2S. The van der Waals surface area contributed by atoms with Gasteiger partial charge in [-0.05, 0) is 30.3 Å². The number of hydrogen-bond donors (Lipinski definition) is 2. The quantitative estimate of drug-likeness (QED) is 0.159. The Labute approximate surface area is 229 Å². The van der Waals surface area contributed by atoms with Crippen molar-refractivity contribution in [3.63, 3.8) is 0 Å². The molecule has 3 aromatic carbocycles. The largest absolute Gasteiger partial charge is 0.380 e. The zero-order chi connectivity index (χ0) is 27.8. The number of anilines is 1. The molecule has 0 aliphatic heterocycles. The fourth-order valence-corrected chi connectivity index (χ4v) is 4.70. The number of amides is 2. The molecule has 0 aliphatic rings. The summed E-state index contributed by atoms with van der Waals surface area (Å²) in [5, 5.41) is 7.77. The lowest BCUT2D eigenvalue weighted by Gasteiger charge is -2.23. The number of nitrogens with zero attached hydrogens (tertiary/aromatic N) is 3. The molecule has 0 saturated carbocycles. The van der Waals surface area contributed by atoms with Crippen molar-refractivity contribution in [2.45, 2.75) is 17.4 Å². The number of nitrogens with one attached hydrogen (secondary N) is 2. The van der Waals surface area contributed by atoms with Crippen LogP contribution in [0.2, 0.25) is 0 Å². The number of pyridine rings is 1. The molecule has 10 heteroatoms. The summed E-state index contributed by atoms with van der Waals surface area (Å²) in [7, 11) is 3.36. The summed E-state index contributed by atoms with van der Waals surface area (Å²) in [5.41, 5.74) is 3.50. The van der Waals surface area contributed by atoms with E-state index in [1.165, 1.54) is 47.6 Å². The second-order valence-electron chi connectivity index (χ2n) is 8.89. The number of benzene rings is 3. The highest BCUT2D eigenvalue weighted by atomic mass is 32.2. The van der Waals surface area contributed by atoms with Crippen LogP contribution in [0.1, 0.15) is 22.3 Å². The molecule has 4 rings (SSSR count). The van der Waals surface area contributed by atoms with Crippen molar-refractivity contribution in [1.29, 1.82) is 0 Å². The Balaban J connectivity index is 1.65. The monoisotopic (exact) mass is 547 g/mol. The predicted molar refractivity (Wildman–Crippen MR) is 151 cm³/mol. The van der Waals surface area contributed by atoms with Crippen molar-refractivity contribution < 1.29 is 18.4 Å². The summed E-state index contributed by atoms with van der Waals surface area (Å²) in [6.07, 6.45) is 2.69. The first kappa shape index (κ1) is 27.7. The van der Waals surface area contributed by atoms with Crippen LogP contribution in [0.5, 0.6) is 0 Å². The first-order valence-corrected chi connectivity index (χ1v) is 13.1. The number of carbonyl (C=O) groups is 2. The molecule has 0 fully saturated rings. The van der Waals surface area contributed by atoms with Gasteiger partial charge in [0.05, 0.1) is 23.0 Å². The average Bonchev–Trinajstić information content (AvgIpc) is 2.93. The van der Waals surface area contributed by atoms with E-state index in [1.807, 2.05) is 30.3 Å². The summed E-state index contributed by atoms with van der Waals surface area (Å²) in [5.74, 6) is -1.12. The van der Waals surface area contributed by atoms with Crippen LogP contribution in [0.15, 0.2) is 89.0 Å². The molecule has 1 atom stereocenters. The van der Waals surface area contributed by atoms with Crippen molar-refractivity contribution in [2.75, 3.05) is 25.2 Å². The first-order chi connectivity index (χ1) is 18.8. The number of hydrogen-bond acceptors (Lipinski definition) is 6. The average molecular weight is 548 g/mol. The van der Waals surface area contributed by atoms with Crippen molar-refractivity contribution in [3.05, 3.63) is 102 Å². The van der Waals surface area contributed by atoms with Gasteiger partial charge in [0.25, 0.3) is 5.91 Å². The second kappa shape index (κ2) is 13.0. The normalized spacial score (nSPS) is 11.9. The highest BCUT2D eigenvalue weighted by Crippen LogP contribution is 2.29.